The van der Waals surface area contributed by atoms with E-state index in [2.05, 4.69) is 43.3 Å². The molecule has 1 aliphatic rings. The van der Waals surface area contributed by atoms with E-state index < -0.39 is 0 Å². The summed E-state index contributed by atoms with van der Waals surface area (Å²) in [5.74, 6) is 0. The maximum absolute atomic E-state index is 4.86. The lowest BCUT2D eigenvalue weighted by Crippen LogP contribution is -2.45. The van der Waals surface area contributed by atoms with Crippen molar-refractivity contribution >= 4 is 11.3 Å². The minimum Gasteiger partial charge on any atom is -0.315 e. The molecule has 2 rings (SSSR count). The Kier molecular flexibility index (Phi) is 6.20. The van der Waals surface area contributed by atoms with Gasteiger partial charge in [0, 0.05) is 23.4 Å². The van der Waals surface area contributed by atoms with E-state index >= 15 is 0 Å². The fourth-order valence-electron chi connectivity index (χ4n) is 2.85. The maximum Gasteiger partial charge on any atom is 0.107 e. The van der Waals surface area contributed by atoms with Crippen molar-refractivity contribution in [1.82, 2.24) is 15.2 Å². The quantitative estimate of drug-likeness (QED) is 0.810. The van der Waals surface area contributed by atoms with Gasteiger partial charge in [0.2, 0.25) is 0 Å². The third kappa shape index (κ3) is 5.04. The molecule has 2 heterocycles. The molecule has 0 aliphatic carbocycles. The summed E-state index contributed by atoms with van der Waals surface area (Å²) in [6, 6.07) is 0.687. The van der Waals surface area contributed by atoms with E-state index in [9.17, 15) is 0 Å². The zero-order chi connectivity index (χ0) is 15.3. The monoisotopic (exact) mass is 309 g/mol. The molecule has 0 bridgehead atoms. The van der Waals surface area contributed by atoms with Crippen molar-refractivity contribution in [2.75, 3.05) is 19.6 Å². The second-order valence-electron chi connectivity index (χ2n) is 7.20. The molecule has 1 aliphatic heterocycles. The number of rotatable bonds is 6. The molecule has 21 heavy (non-hydrogen) atoms. The molecule has 1 aromatic rings. The van der Waals surface area contributed by atoms with E-state index in [1.165, 1.54) is 42.9 Å². The van der Waals surface area contributed by atoms with Crippen LogP contribution >= 0.6 is 11.3 Å². The minimum atomic E-state index is 0.165. The van der Waals surface area contributed by atoms with Crippen LogP contribution < -0.4 is 5.32 Å². The van der Waals surface area contributed by atoms with Gasteiger partial charge in [-0.2, -0.15) is 0 Å². The van der Waals surface area contributed by atoms with Crippen LogP contribution in [0.1, 0.15) is 64.1 Å². The van der Waals surface area contributed by atoms with Crippen LogP contribution in [-0.2, 0) is 12.0 Å². The predicted octanol–water partition coefficient (Wildman–Crippen LogP) is 3.79. The van der Waals surface area contributed by atoms with Gasteiger partial charge in [-0.3, -0.25) is 4.90 Å². The average molecular weight is 310 g/mol. The standard InChI is InChI=1S/C17H31N3S/c1-5-9-18-11-14-8-6-7-10-20(14)12-16-19-15(13-21-16)17(2,3)4/h13-14,18H,5-12H2,1-4H3. The summed E-state index contributed by atoms with van der Waals surface area (Å²) in [5.41, 5.74) is 1.40. The Labute approximate surface area is 134 Å². The Morgan fingerprint density at radius 3 is 2.86 bits per heavy atom. The second-order valence-corrected chi connectivity index (χ2v) is 8.14. The summed E-state index contributed by atoms with van der Waals surface area (Å²) in [6.45, 7) is 13.5. The Balaban J connectivity index is 1.93. The fraction of sp³-hybridized carbons (Fsp3) is 0.824. The van der Waals surface area contributed by atoms with E-state index in [0.717, 1.165) is 19.6 Å². The van der Waals surface area contributed by atoms with Gasteiger partial charge in [-0.1, -0.05) is 34.1 Å². The van der Waals surface area contributed by atoms with Gasteiger partial charge in [0.1, 0.15) is 5.01 Å². The molecule has 0 aromatic carbocycles. The van der Waals surface area contributed by atoms with Gasteiger partial charge in [0.15, 0.2) is 0 Å². The molecule has 1 fully saturated rings. The van der Waals surface area contributed by atoms with E-state index in [-0.39, 0.29) is 5.41 Å². The third-order valence-corrected chi connectivity index (χ3v) is 5.05. The first-order valence-corrected chi connectivity index (χ1v) is 9.28. The largest absolute Gasteiger partial charge is 0.315 e. The first-order valence-electron chi connectivity index (χ1n) is 8.40. The van der Waals surface area contributed by atoms with Crippen LogP contribution in [0.2, 0.25) is 0 Å². The van der Waals surface area contributed by atoms with Crippen molar-refractivity contribution in [2.45, 2.75) is 71.4 Å². The highest BCUT2D eigenvalue weighted by atomic mass is 32.1. The van der Waals surface area contributed by atoms with Crippen LogP contribution in [0.3, 0.4) is 0 Å². The van der Waals surface area contributed by atoms with Crippen molar-refractivity contribution in [3.8, 4) is 0 Å². The van der Waals surface area contributed by atoms with Crippen LogP contribution in [-0.4, -0.2) is 35.6 Å². The topological polar surface area (TPSA) is 28.2 Å². The highest BCUT2D eigenvalue weighted by Crippen LogP contribution is 2.26. The summed E-state index contributed by atoms with van der Waals surface area (Å²) in [5, 5.41) is 7.11. The van der Waals surface area contributed by atoms with Crippen molar-refractivity contribution in [1.29, 1.82) is 0 Å². The number of piperidine rings is 1. The van der Waals surface area contributed by atoms with E-state index in [4.69, 9.17) is 4.98 Å². The smallest absolute Gasteiger partial charge is 0.107 e. The van der Waals surface area contributed by atoms with Crippen molar-refractivity contribution in [2.24, 2.45) is 0 Å². The average Bonchev–Trinajstić information content (AvgIpc) is 2.89. The summed E-state index contributed by atoms with van der Waals surface area (Å²) in [4.78, 5) is 7.50. The normalized spacial score (nSPS) is 20.9. The summed E-state index contributed by atoms with van der Waals surface area (Å²) < 4.78 is 0. The molecule has 3 nitrogen and oxygen atoms in total. The molecule has 0 radical (unpaired) electrons. The van der Waals surface area contributed by atoms with Gasteiger partial charge in [0.25, 0.3) is 0 Å². The summed E-state index contributed by atoms with van der Waals surface area (Å²) in [6.07, 6.45) is 5.25. The van der Waals surface area contributed by atoms with Crippen LogP contribution in [0.15, 0.2) is 5.38 Å². The number of likely N-dealkylation sites (tertiary alicyclic amines) is 1. The molecule has 0 saturated carbocycles. The Hall–Kier alpha value is -0.450. The third-order valence-electron chi connectivity index (χ3n) is 4.21. The molecule has 120 valence electrons. The van der Waals surface area contributed by atoms with Crippen molar-refractivity contribution in [3.05, 3.63) is 16.1 Å². The Bertz CT molecular complexity index is 422. The van der Waals surface area contributed by atoms with E-state index in [1.54, 1.807) is 0 Å². The Morgan fingerprint density at radius 2 is 2.19 bits per heavy atom. The zero-order valence-electron chi connectivity index (χ0n) is 14.1. The van der Waals surface area contributed by atoms with E-state index in [0.29, 0.717) is 6.04 Å². The van der Waals surface area contributed by atoms with Crippen LogP contribution in [0.25, 0.3) is 0 Å². The van der Waals surface area contributed by atoms with Crippen LogP contribution in [0, 0.1) is 0 Å². The molecule has 1 N–H and O–H groups in total. The SMILES string of the molecule is CCCNCC1CCCCN1Cc1nc(C(C)(C)C)cs1. The molecule has 0 amide bonds. The first kappa shape index (κ1) is 16.9. The highest BCUT2D eigenvalue weighted by Gasteiger charge is 2.24. The summed E-state index contributed by atoms with van der Waals surface area (Å²) in [7, 11) is 0. The van der Waals surface area contributed by atoms with Crippen molar-refractivity contribution in [3.63, 3.8) is 0 Å². The molecule has 0 spiro atoms. The Morgan fingerprint density at radius 1 is 1.38 bits per heavy atom. The lowest BCUT2D eigenvalue weighted by molar-refractivity contribution is 0.137. The number of nitrogens with one attached hydrogen (secondary N) is 1. The number of hydrogen-bond acceptors (Lipinski definition) is 4. The second kappa shape index (κ2) is 7.70. The number of nitrogens with zero attached hydrogens (tertiary/aromatic N) is 2. The van der Waals surface area contributed by atoms with Crippen LogP contribution in [0.5, 0.6) is 0 Å². The van der Waals surface area contributed by atoms with Crippen LogP contribution in [0.4, 0.5) is 0 Å². The maximum atomic E-state index is 4.86. The molecule has 1 aromatic heterocycles. The van der Waals surface area contributed by atoms with E-state index in [1.807, 2.05) is 11.3 Å². The zero-order valence-corrected chi connectivity index (χ0v) is 14.9. The molecular weight excluding hydrogens is 278 g/mol. The van der Waals surface area contributed by atoms with Gasteiger partial charge >= 0.3 is 0 Å². The lowest BCUT2D eigenvalue weighted by Gasteiger charge is -2.35. The molecular formula is C17H31N3S. The molecule has 1 saturated heterocycles. The van der Waals surface area contributed by atoms with Gasteiger partial charge < -0.3 is 5.32 Å². The molecule has 1 unspecified atom stereocenters. The molecule has 4 heteroatoms. The van der Waals surface area contributed by atoms with Gasteiger partial charge in [-0.25, -0.2) is 4.98 Å². The molecule has 1 atom stereocenters. The lowest BCUT2D eigenvalue weighted by atomic mass is 9.93. The number of thiazole rings is 1. The fourth-order valence-corrected chi connectivity index (χ4v) is 3.89. The predicted molar refractivity (Wildman–Crippen MR) is 92.0 cm³/mol. The first-order chi connectivity index (χ1) is 10.0. The van der Waals surface area contributed by atoms with Gasteiger partial charge in [-0.05, 0) is 32.4 Å². The van der Waals surface area contributed by atoms with Gasteiger partial charge in [-0.15, -0.1) is 11.3 Å². The summed E-state index contributed by atoms with van der Waals surface area (Å²) >= 11 is 1.83. The highest BCUT2D eigenvalue weighted by molar-refractivity contribution is 7.09. The number of hydrogen-bond donors (Lipinski definition) is 1. The number of aromatic nitrogens is 1. The minimum absolute atomic E-state index is 0.165. The van der Waals surface area contributed by atoms with Crippen molar-refractivity contribution < 1.29 is 0 Å². The van der Waals surface area contributed by atoms with Gasteiger partial charge in [0.05, 0.1) is 12.2 Å².